The molecule has 1 fully saturated rings. The van der Waals surface area contributed by atoms with Crippen molar-refractivity contribution in [3.8, 4) is 0 Å². The lowest BCUT2D eigenvalue weighted by Crippen LogP contribution is -2.29. The number of nitrogens with one attached hydrogen (secondary N) is 1. The molecule has 0 aliphatic heterocycles. The Morgan fingerprint density at radius 2 is 2.26 bits per heavy atom. The molecule has 2 atom stereocenters. The Bertz CT molecular complexity index is 392. The molecule has 0 aromatic carbocycles. The van der Waals surface area contributed by atoms with Crippen LogP contribution < -0.4 is 5.32 Å². The fraction of sp³-hybridized carbons (Fsp3) is 0.647. The van der Waals surface area contributed by atoms with Crippen LogP contribution in [0.4, 0.5) is 4.39 Å². The molecule has 0 saturated heterocycles. The predicted octanol–water partition coefficient (Wildman–Crippen LogP) is 4.67. The Morgan fingerprint density at radius 1 is 1.42 bits per heavy atom. The Hall–Kier alpha value is -0.890. The average molecular weight is 263 g/mol. The summed E-state index contributed by atoms with van der Waals surface area (Å²) in [4.78, 5) is 0. The van der Waals surface area contributed by atoms with Crippen LogP contribution in [0.2, 0.25) is 0 Å². The second kappa shape index (κ2) is 7.04. The first kappa shape index (κ1) is 14.5. The van der Waals surface area contributed by atoms with Crippen molar-refractivity contribution in [3.05, 3.63) is 35.2 Å². The maximum Gasteiger partial charge on any atom is 0.104 e. The van der Waals surface area contributed by atoms with Crippen molar-refractivity contribution in [2.24, 2.45) is 5.92 Å². The first-order valence-corrected chi connectivity index (χ1v) is 7.67. The van der Waals surface area contributed by atoms with E-state index >= 15 is 0 Å². The van der Waals surface area contributed by atoms with Crippen molar-refractivity contribution in [1.82, 2.24) is 5.32 Å². The molecule has 0 unspecified atom stereocenters. The molecule has 0 radical (unpaired) electrons. The molecule has 0 aromatic heterocycles. The standard InChI is InChI=1S/C17H26FN/c1-3-5-16(19-2)12-14-7-4-6-13-8-9-15(18)10-11-17(13)14/h8-9,11,14,16,19H,3-7,10,12H2,1-2H3/t14-,16+/m0/s1. The topological polar surface area (TPSA) is 12.0 Å². The highest BCUT2D eigenvalue weighted by molar-refractivity contribution is 5.40. The highest BCUT2D eigenvalue weighted by Crippen LogP contribution is 2.38. The number of hydrogen-bond donors (Lipinski definition) is 1. The van der Waals surface area contributed by atoms with E-state index in [1.54, 1.807) is 6.08 Å². The molecule has 106 valence electrons. The van der Waals surface area contributed by atoms with E-state index in [1.807, 2.05) is 6.08 Å². The first-order chi connectivity index (χ1) is 9.24. The van der Waals surface area contributed by atoms with Crippen LogP contribution in [0.15, 0.2) is 35.2 Å². The molecule has 0 aromatic rings. The van der Waals surface area contributed by atoms with Crippen molar-refractivity contribution in [3.63, 3.8) is 0 Å². The monoisotopic (exact) mass is 263 g/mol. The lowest BCUT2D eigenvalue weighted by molar-refractivity contribution is 0.379. The van der Waals surface area contributed by atoms with Gasteiger partial charge in [-0.05, 0) is 62.3 Å². The van der Waals surface area contributed by atoms with E-state index in [-0.39, 0.29) is 5.83 Å². The molecule has 2 heteroatoms. The van der Waals surface area contributed by atoms with E-state index in [1.165, 1.54) is 43.3 Å². The lowest BCUT2D eigenvalue weighted by atomic mass is 9.77. The van der Waals surface area contributed by atoms with Gasteiger partial charge in [-0.2, -0.15) is 0 Å². The van der Waals surface area contributed by atoms with Gasteiger partial charge < -0.3 is 5.32 Å². The van der Waals surface area contributed by atoms with Gasteiger partial charge in [0.1, 0.15) is 5.83 Å². The highest BCUT2D eigenvalue weighted by Gasteiger charge is 2.25. The van der Waals surface area contributed by atoms with Crippen LogP contribution in [-0.2, 0) is 0 Å². The molecular weight excluding hydrogens is 237 g/mol. The van der Waals surface area contributed by atoms with Gasteiger partial charge in [-0.3, -0.25) is 0 Å². The Morgan fingerprint density at radius 3 is 3.00 bits per heavy atom. The summed E-state index contributed by atoms with van der Waals surface area (Å²) in [7, 11) is 2.06. The average Bonchev–Trinajstić information content (AvgIpc) is 2.61. The largest absolute Gasteiger partial charge is 0.317 e. The molecule has 0 heterocycles. The molecule has 0 amide bonds. The Kier molecular flexibility index (Phi) is 5.38. The van der Waals surface area contributed by atoms with E-state index in [2.05, 4.69) is 25.4 Å². The van der Waals surface area contributed by atoms with E-state index in [0.717, 1.165) is 6.42 Å². The van der Waals surface area contributed by atoms with Gasteiger partial charge >= 0.3 is 0 Å². The third-order valence-electron chi connectivity index (χ3n) is 4.41. The summed E-state index contributed by atoms with van der Waals surface area (Å²) >= 11 is 0. The molecule has 0 bridgehead atoms. The third kappa shape index (κ3) is 3.79. The van der Waals surface area contributed by atoms with Crippen LogP contribution in [0.5, 0.6) is 0 Å². The minimum Gasteiger partial charge on any atom is -0.317 e. The van der Waals surface area contributed by atoms with Crippen molar-refractivity contribution in [1.29, 1.82) is 0 Å². The van der Waals surface area contributed by atoms with Gasteiger partial charge in [-0.15, -0.1) is 0 Å². The van der Waals surface area contributed by atoms with Crippen molar-refractivity contribution in [2.45, 2.75) is 57.9 Å². The summed E-state index contributed by atoms with van der Waals surface area (Å²) < 4.78 is 13.4. The van der Waals surface area contributed by atoms with E-state index < -0.39 is 0 Å². The predicted molar refractivity (Wildman–Crippen MR) is 79.7 cm³/mol. The van der Waals surface area contributed by atoms with E-state index in [0.29, 0.717) is 18.4 Å². The fourth-order valence-corrected chi connectivity index (χ4v) is 3.36. The molecule has 0 spiro atoms. The Labute approximate surface area is 116 Å². The van der Waals surface area contributed by atoms with Gasteiger partial charge in [0.05, 0.1) is 0 Å². The number of fused-ring (bicyclic) bond motifs is 1. The zero-order valence-corrected chi connectivity index (χ0v) is 12.2. The highest BCUT2D eigenvalue weighted by atomic mass is 19.1. The van der Waals surface area contributed by atoms with Gasteiger partial charge in [0.25, 0.3) is 0 Å². The lowest BCUT2D eigenvalue weighted by Gasteiger charge is -2.30. The number of rotatable bonds is 5. The second-order valence-corrected chi connectivity index (χ2v) is 5.77. The molecule has 1 saturated carbocycles. The molecule has 2 aliphatic carbocycles. The first-order valence-electron chi connectivity index (χ1n) is 7.67. The van der Waals surface area contributed by atoms with Crippen LogP contribution in [0, 0.1) is 5.92 Å². The normalized spacial score (nSPS) is 24.8. The molecule has 1 nitrogen and oxygen atoms in total. The second-order valence-electron chi connectivity index (χ2n) is 5.77. The maximum atomic E-state index is 13.4. The quantitative estimate of drug-likeness (QED) is 0.759. The Balaban J connectivity index is 2.09. The summed E-state index contributed by atoms with van der Waals surface area (Å²) in [6, 6.07) is 0.594. The zero-order chi connectivity index (χ0) is 13.7. The summed E-state index contributed by atoms with van der Waals surface area (Å²) in [5.74, 6) is 0.607. The minimum atomic E-state index is -0.00752. The van der Waals surface area contributed by atoms with Crippen molar-refractivity contribution < 1.29 is 4.39 Å². The number of hydrogen-bond acceptors (Lipinski definition) is 1. The summed E-state index contributed by atoms with van der Waals surface area (Å²) in [6.45, 7) is 2.24. The van der Waals surface area contributed by atoms with Crippen LogP contribution >= 0.6 is 0 Å². The van der Waals surface area contributed by atoms with Gasteiger partial charge in [0, 0.05) is 12.5 Å². The van der Waals surface area contributed by atoms with Crippen LogP contribution in [0.25, 0.3) is 0 Å². The SMILES string of the molecule is CCC[C@H](C[C@@H]1CCCC2=CC=C(F)CC=C21)NC. The van der Waals surface area contributed by atoms with Gasteiger partial charge in [-0.25, -0.2) is 4.39 Å². The smallest absolute Gasteiger partial charge is 0.104 e. The van der Waals surface area contributed by atoms with Gasteiger partial charge in [0.2, 0.25) is 0 Å². The van der Waals surface area contributed by atoms with Crippen LogP contribution in [-0.4, -0.2) is 13.1 Å². The van der Waals surface area contributed by atoms with Crippen LogP contribution in [0.1, 0.15) is 51.9 Å². The number of allylic oxidation sites excluding steroid dienone is 6. The summed E-state index contributed by atoms with van der Waals surface area (Å²) in [5.41, 5.74) is 2.79. The van der Waals surface area contributed by atoms with E-state index in [4.69, 9.17) is 0 Å². The molecule has 2 rings (SSSR count). The number of halogens is 1. The molecule has 2 aliphatic rings. The van der Waals surface area contributed by atoms with Crippen LogP contribution in [0.3, 0.4) is 0 Å². The third-order valence-corrected chi connectivity index (χ3v) is 4.41. The molecular formula is C17H26FN. The summed E-state index contributed by atoms with van der Waals surface area (Å²) in [6.07, 6.45) is 13.5. The molecule has 19 heavy (non-hydrogen) atoms. The van der Waals surface area contributed by atoms with E-state index in [9.17, 15) is 4.39 Å². The van der Waals surface area contributed by atoms with Gasteiger partial charge in [0.15, 0.2) is 0 Å². The fourth-order valence-electron chi connectivity index (χ4n) is 3.36. The van der Waals surface area contributed by atoms with Gasteiger partial charge in [-0.1, -0.05) is 25.5 Å². The maximum absolute atomic E-state index is 13.4. The zero-order valence-electron chi connectivity index (χ0n) is 12.2. The summed E-state index contributed by atoms with van der Waals surface area (Å²) in [5, 5.41) is 3.44. The molecule has 1 N–H and O–H groups in total. The minimum absolute atomic E-state index is 0.00752. The van der Waals surface area contributed by atoms with Crippen molar-refractivity contribution in [2.75, 3.05) is 7.05 Å². The van der Waals surface area contributed by atoms with Crippen molar-refractivity contribution >= 4 is 0 Å².